The normalized spacial score (nSPS) is 25.4. The Morgan fingerprint density at radius 3 is 2.16 bits per heavy atom. The summed E-state index contributed by atoms with van der Waals surface area (Å²) >= 11 is 4.56. The monoisotopic (exact) mass is 442 g/mol. The lowest BCUT2D eigenvalue weighted by Gasteiger charge is -2.34. The molecule has 2 atom stereocenters. The summed E-state index contributed by atoms with van der Waals surface area (Å²) in [5.74, 6) is -2.08. The SMILES string of the molecule is CCc1cccc(CC)c1N1C(=O)CC/C(S)=C2/C(=O)NC(=O)C(CC)C2CCC1=O. The third-order valence-corrected chi connectivity index (χ3v) is 6.82. The number of hydrogen-bond acceptors (Lipinski definition) is 5. The predicted octanol–water partition coefficient (Wildman–Crippen LogP) is 3.73. The van der Waals surface area contributed by atoms with Crippen molar-refractivity contribution in [1.82, 2.24) is 5.32 Å². The number of nitrogens with zero attached hydrogens (tertiary/aromatic N) is 1. The molecule has 0 radical (unpaired) electrons. The number of carbonyl (C=O) groups is 4. The van der Waals surface area contributed by atoms with Crippen LogP contribution in [0.5, 0.6) is 0 Å². The zero-order valence-electron chi connectivity index (χ0n) is 18.4. The first-order valence-corrected chi connectivity index (χ1v) is 11.5. The van der Waals surface area contributed by atoms with E-state index in [2.05, 4.69) is 17.9 Å². The van der Waals surface area contributed by atoms with E-state index < -0.39 is 5.91 Å². The minimum absolute atomic E-state index is 0.0695. The second kappa shape index (κ2) is 9.81. The fraction of sp³-hybridized carbons (Fsp3) is 0.500. The van der Waals surface area contributed by atoms with Gasteiger partial charge in [-0.1, -0.05) is 39.0 Å². The second-order valence-corrected chi connectivity index (χ2v) is 8.63. The molecule has 3 rings (SSSR count). The molecule has 1 aromatic carbocycles. The van der Waals surface area contributed by atoms with Gasteiger partial charge in [-0.2, -0.15) is 0 Å². The largest absolute Gasteiger partial charge is 0.292 e. The Balaban J connectivity index is 2.06. The number of piperidine rings is 1. The molecule has 0 bridgehead atoms. The van der Waals surface area contributed by atoms with E-state index in [9.17, 15) is 19.2 Å². The summed E-state index contributed by atoms with van der Waals surface area (Å²) < 4.78 is 0. The molecule has 1 N–H and O–H groups in total. The highest BCUT2D eigenvalue weighted by molar-refractivity contribution is 7.84. The second-order valence-electron chi connectivity index (χ2n) is 8.09. The van der Waals surface area contributed by atoms with Crippen LogP contribution in [-0.2, 0) is 32.0 Å². The minimum Gasteiger partial charge on any atom is -0.292 e. The van der Waals surface area contributed by atoms with Crippen LogP contribution in [0.2, 0.25) is 0 Å². The van der Waals surface area contributed by atoms with Crippen molar-refractivity contribution in [2.45, 2.75) is 65.7 Å². The summed E-state index contributed by atoms with van der Waals surface area (Å²) in [4.78, 5) is 53.5. The van der Waals surface area contributed by atoms with Crippen LogP contribution in [0.4, 0.5) is 5.69 Å². The van der Waals surface area contributed by atoms with Crippen molar-refractivity contribution >= 4 is 41.9 Å². The Bertz CT molecular complexity index is 931. The lowest BCUT2D eigenvalue weighted by Crippen LogP contribution is -2.48. The molecule has 4 amide bonds. The number of carbonyl (C=O) groups excluding carboxylic acids is 4. The summed E-state index contributed by atoms with van der Waals surface area (Å²) in [5, 5.41) is 2.42. The maximum atomic E-state index is 13.4. The van der Waals surface area contributed by atoms with Gasteiger partial charge in [0.2, 0.25) is 17.7 Å². The van der Waals surface area contributed by atoms with E-state index in [1.54, 1.807) is 0 Å². The van der Waals surface area contributed by atoms with Gasteiger partial charge in [-0.3, -0.25) is 29.4 Å². The van der Waals surface area contributed by atoms with Gasteiger partial charge in [0.05, 0.1) is 5.69 Å². The molecule has 0 spiro atoms. The molecule has 31 heavy (non-hydrogen) atoms. The summed E-state index contributed by atoms with van der Waals surface area (Å²) in [6.07, 6.45) is 2.71. The van der Waals surface area contributed by atoms with Crippen LogP contribution < -0.4 is 10.2 Å². The van der Waals surface area contributed by atoms with Gasteiger partial charge in [0, 0.05) is 30.3 Å². The molecule has 6 nitrogen and oxygen atoms in total. The fourth-order valence-corrected chi connectivity index (χ4v) is 5.12. The molecule has 2 heterocycles. The highest BCUT2D eigenvalue weighted by Crippen LogP contribution is 2.38. The van der Waals surface area contributed by atoms with E-state index in [0.29, 0.717) is 41.8 Å². The van der Waals surface area contributed by atoms with Crippen molar-refractivity contribution in [1.29, 1.82) is 0 Å². The van der Waals surface area contributed by atoms with E-state index in [-0.39, 0.29) is 48.8 Å². The Kier molecular flexibility index (Phi) is 7.36. The van der Waals surface area contributed by atoms with E-state index in [0.717, 1.165) is 11.1 Å². The van der Waals surface area contributed by atoms with Gasteiger partial charge in [-0.15, -0.1) is 12.6 Å². The molecule has 0 aromatic heterocycles. The maximum absolute atomic E-state index is 13.4. The molecule has 2 aliphatic rings. The molecule has 0 aliphatic carbocycles. The molecule has 7 heteroatoms. The van der Waals surface area contributed by atoms with Crippen molar-refractivity contribution in [2.24, 2.45) is 11.8 Å². The van der Waals surface area contributed by atoms with Crippen molar-refractivity contribution in [3.05, 3.63) is 39.8 Å². The summed E-state index contributed by atoms with van der Waals surface area (Å²) in [6, 6.07) is 5.86. The number of benzene rings is 1. The van der Waals surface area contributed by atoms with E-state index in [4.69, 9.17) is 0 Å². The molecular weight excluding hydrogens is 412 g/mol. The standard InChI is InChI=1S/C24H30N2O4S/c1-4-14-8-7-9-15(5-2)22(14)26-19(27)12-10-17-16(6-3)23(29)25-24(30)21(17)18(31)11-13-20(26)28/h7-9,16-17,31H,4-6,10-13H2,1-3H3,(H,25,29,30)/b21-18-. The number of aryl methyl sites for hydroxylation is 2. The molecular formula is C24H30N2O4S. The van der Waals surface area contributed by atoms with E-state index in [1.807, 2.05) is 39.0 Å². The van der Waals surface area contributed by atoms with Crippen molar-refractivity contribution < 1.29 is 19.2 Å². The molecule has 166 valence electrons. The first kappa shape index (κ1) is 23.3. The zero-order valence-corrected chi connectivity index (χ0v) is 19.3. The average molecular weight is 443 g/mol. The van der Waals surface area contributed by atoms with Gasteiger partial charge in [0.1, 0.15) is 0 Å². The number of rotatable bonds is 4. The molecule has 1 saturated heterocycles. The summed E-state index contributed by atoms with van der Waals surface area (Å²) in [7, 11) is 0. The van der Waals surface area contributed by atoms with Gasteiger partial charge >= 0.3 is 0 Å². The Labute approximate surface area is 188 Å². The molecule has 2 unspecified atom stereocenters. The third kappa shape index (κ3) is 4.47. The van der Waals surface area contributed by atoms with Crippen molar-refractivity contribution in [3.8, 4) is 0 Å². The molecule has 1 aromatic rings. The maximum Gasteiger partial charge on any atom is 0.254 e. The van der Waals surface area contributed by atoms with Crippen LogP contribution in [0.3, 0.4) is 0 Å². The van der Waals surface area contributed by atoms with E-state index in [1.165, 1.54) is 4.90 Å². The summed E-state index contributed by atoms with van der Waals surface area (Å²) in [6.45, 7) is 5.92. The van der Waals surface area contributed by atoms with Crippen LogP contribution in [-0.4, -0.2) is 23.6 Å². The predicted molar refractivity (Wildman–Crippen MR) is 123 cm³/mol. The number of para-hydroxylation sites is 1. The van der Waals surface area contributed by atoms with Crippen LogP contribution >= 0.6 is 12.6 Å². The first-order chi connectivity index (χ1) is 14.8. The lowest BCUT2D eigenvalue weighted by molar-refractivity contribution is -0.136. The summed E-state index contributed by atoms with van der Waals surface area (Å²) in [5.41, 5.74) is 3.06. The van der Waals surface area contributed by atoms with Gasteiger partial charge in [-0.05, 0) is 48.1 Å². The fourth-order valence-electron chi connectivity index (χ4n) is 4.74. The van der Waals surface area contributed by atoms with Gasteiger partial charge in [-0.25, -0.2) is 0 Å². The zero-order chi connectivity index (χ0) is 22.7. The lowest BCUT2D eigenvalue weighted by atomic mass is 9.76. The molecule has 0 saturated carbocycles. The smallest absolute Gasteiger partial charge is 0.254 e. The van der Waals surface area contributed by atoms with Gasteiger partial charge in [0.15, 0.2) is 0 Å². The number of thiol groups is 1. The number of anilines is 1. The van der Waals surface area contributed by atoms with Crippen molar-refractivity contribution in [2.75, 3.05) is 4.90 Å². The number of amides is 4. The number of hydrogen-bond donors (Lipinski definition) is 2. The van der Waals surface area contributed by atoms with Crippen LogP contribution in [0.15, 0.2) is 28.7 Å². The van der Waals surface area contributed by atoms with Crippen LogP contribution in [0.1, 0.15) is 64.0 Å². The van der Waals surface area contributed by atoms with Gasteiger partial charge < -0.3 is 0 Å². The Morgan fingerprint density at radius 2 is 1.58 bits per heavy atom. The average Bonchev–Trinajstić information content (AvgIpc) is 2.75. The molecule has 1 fully saturated rings. The van der Waals surface area contributed by atoms with Crippen molar-refractivity contribution in [3.63, 3.8) is 0 Å². The number of allylic oxidation sites excluding steroid dienone is 1. The Morgan fingerprint density at radius 1 is 0.968 bits per heavy atom. The Hall–Kier alpha value is -2.41. The van der Waals surface area contributed by atoms with Crippen LogP contribution in [0.25, 0.3) is 0 Å². The first-order valence-electron chi connectivity index (χ1n) is 11.1. The van der Waals surface area contributed by atoms with Crippen LogP contribution in [0, 0.1) is 11.8 Å². The third-order valence-electron chi connectivity index (χ3n) is 6.36. The quantitative estimate of drug-likeness (QED) is 0.550. The molecule has 2 aliphatic heterocycles. The topological polar surface area (TPSA) is 83.6 Å². The van der Waals surface area contributed by atoms with E-state index >= 15 is 0 Å². The minimum atomic E-state index is -0.452. The number of nitrogens with one attached hydrogen (secondary N) is 1. The number of imide groups is 2. The number of fused-ring (bicyclic) bond motifs is 1. The van der Waals surface area contributed by atoms with Gasteiger partial charge in [0.25, 0.3) is 5.91 Å². The highest BCUT2D eigenvalue weighted by Gasteiger charge is 2.41. The highest BCUT2D eigenvalue weighted by atomic mass is 32.1.